The van der Waals surface area contributed by atoms with Crippen LogP contribution in [0.25, 0.3) is 0 Å². The highest BCUT2D eigenvalue weighted by atomic mass is 16.5. The number of nitrogens with zero attached hydrogens (tertiary/aromatic N) is 2. The van der Waals surface area contributed by atoms with Crippen molar-refractivity contribution in [1.82, 2.24) is 0 Å². The van der Waals surface area contributed by atoms with Gasteiger partial charge in [0.1, 0.15) is 6.04 Å². The number of imide groups is 1. The van der Waals surface area contributed by atoms with Crippen molar-refractivity contribution in [2.24, 2.45) is 0 Å². The molecule has 1 aliphatic rings. The topological polar surface area (TPSA) is 79.0 Å². The minimum atomic E-state index is -0.623. The minimum Gasteiger partial charge on any atom is -0.462 e. The van der Waals surface area contributed by atoms with Crippen LogP contribution >= 0.6 is 0 Å². The monoisotopic (exact) mass is 381 g/mol. The van der Waals surface area contributed by atoms with Gasteiger partial charge < -0.3 is 15.0 Å². The first-order valence-electron chi connectivity index (χ1n) is 9.08. The summed E-state index contributed by atoms with van der Waals surface area (Å²) in [5.41, 5.74) is 2.63. The zero-order valence-electron chi connectivity index (χ0n) is 16.1. The lowest BCUT2D eigenvalue weighted by Crippen LogP contribution is -2.34. The molecule has 0 bridgehead atoms. The van der Waals surface area contributed by atoms with Crippen LogP contribution in [0.4, 0.5) is 17.1 Å². The summed E-state index contributed by atoms with van der Waals surface area (Å²) in [6.07, 6.45) is 0.0773. The van der Waals surface area contributed by atoms with Gasteiger partial charge in [0.15, 0.2) is 0 Å². The molecule has 2 aromatic carbocycles. The van der Waals surface area contributed by atoms with Gasteiger partial charge in [-0.3, -0.25) is 9.59 Å². The van der Waals surface area contributed by atoms with Crippen LogP contribution in [0.3, 0.4) is 0 Å². The molecule has 146 valence electrons. The maximum absolute atomic E-state index is 12.8. The van der Waals surface area contributed by atoms with E-state index in [4.69, 9.17) is 4.74 Å². The summed E-state index contributed by atoms with van der Waals surface area (Å²) in [6, 6.07) is 13.3. The fourth-order valence-corrected chi connectivity index (χ4v) is 3.03. The first-order chi connectivity index (χ1) is 13.4. The highest BCUT2D eigenvalue weighted by molar-refractivity contribution is 6.23. The number of hydrogen-bond acceptors (Lipinski definition) is 6. The van der Waals surface area contributed by atoms with E-state index in [1.165, 1.54) is 0 Å². The molecule has 1 N–H and O–H groups in total. The van der Waals surface area contributed by atoms with Crippen LogP contribution in [0.2, 0.25) is 0 Å². The number of esters is 1. The van der Waals surface area contributed by atoms with Crippen molar-refractivity contribution in [1.29, 1.82) is 0 Å². The van der Waals surface area contributed by atoms with Crippen molar-refractivity contribution >= 4 is 34.8 Å². The van der Waals surface area contributed by atoms with Crippen LogP contribution in [-0.2, 0) is 14.3 Å². The van der Waals surface area contributed by atoms with E-state index in [0.717, 1.165) is 16.3 Å². The Morgan fingerprint density at radius 2 is 1.75 bits per heavy atom. The number of carbonyl (C=O) groups is 3. The molecule has 0 spiro atoms. The maximum atomic E-state index is 12.8. The summed E-state index contributed by atoms with van der Waals surface area (Å²) in [5.74, 6) is -1.03. The molecule has 2 amide bonds. The van der Waals surface area contributed by atoms with Crippen molar-refractivity contribution in [2.75, 3.05) is 35.8 Å². The van der Waals surface area contributed by atoms with Gasteiger partial charge in [0.05, 0.1) is 24.3 Å². The van der Waals surface area contributed by atoms with E-state index in [-0.39, 0.29) is 24.8 Å². The maximum Gasteiger partial charge on any atom is 0.338 e. The number of rotatable bonds is 6. The predicted molar refractivity (Wildman–Crippen MR) is 108 cm³/mol. The Kier molecular flexibility index (Phi) is 5.63. The standard InChI is InChI=1S/C21H23N3O4/c1-4-28-21(27)14-5-9-17(10-6-14)24-19(25)13-18(20(24)26)22-15-7-11-16(12-8-15)23(2)3/h5-12,18,22H,4,13H2,1-3H3/t18-/m1/s1. The van der Waals surface area contributed by atoms with Gasteiger partial charge >= 0.3 is 5.97 Å². The van der Waals surface area contributed by atoms with Crippen molar-refractivity contribution < 1.29 is 19.1 Å². The number of hydrogen-bond donors (Lipinski definition) is 1. The number of carbonyl (C=O) groups excluding carboxylic acids is 3. The number of nitrogens with one attached hydrogen (secondary N) is 1. The molecule has 7 heteroatoms. The molecule has 3 rings (SSSR count). The van der Waals surface area contributed by atoms with Crippen molar-refractivity contribution in [3.8, 4) is 0 Å². The number of benzene rings is 2. The molecular weight excluding hydrogens is 358 g/mol. The summed E-state index contributed by atoms with van der Waals surface area (Å²) >= 11 is 0. The van der Waals surface area contributed by atoms with E-state index in [1.807, 2.05) is 43.3 Å². The Morgan fingerprint density at radius 1 is 1.11 bits per heavy atom. The largest absolute Gasteiger partial charge is 0.462 e. The van der Waals surface area contributed by atoms with Gasteiger partial charge in [-0.1, -0.05) is 0 Å². The van der Waals surface area contributed by atoms with Crippen LogP contribution in [0.15, 0.2) is 48.5 Å². The number of anilines is 3. The third-order valence-electron chi connectivity index (χ3n) is 4.51. The van der Waals surface area contributed by atoms with Crippen LogP contribution in [0.5, 0.6) is 0 Å². The van der Waals surface area contributed by atoms with Gasteiger partial charge in [-0.2, -0.15) is 0 Å². The van der Waals surface area contributed by atoms with Crippen LogP contribution in [0.1, 0.15) is 23.7 Å². The molecule has 0 unspecified atom stereocenters. The molecule has 2 aromatic rings. The first-order valence-corrected chi connectivity index (χ1v) is 9.08. The normalized spacial score (nSPS) is 16.2. The fraction of sp³-hybridized carbons (Fsp3) is 0.286. The molecule has 0 radical (unpaired) electrons. The van der Waals surface area contributed by atoms with Crippen LogP contribution in [-0.4, -0.2) is 44.5 Å². The summed E-state index contributed by atoms with van der Waals surface area (Å²) in [4.78, 5) is 40.1. The van der Waals surface area contributed by atoms with Crippen LogP contribution < -0.4 is 15.1 Å². The van der Waals surface area contributed by atoms with E-state index < -0.39 is 12.0 Å². The van der Waals surface area contributed by atoms with Gasteiger partial charge in [0.25, 0.3) is 5.91 Å². The lowest BCUT2D eigenvalue weighted by Gasteiger charge is -2.17. The molecule has 1 atom stereocenters. The van der Waals surface area contributed by atoms with Crippen molar-refractivity contribution in [3.63, 3.8) is 0 Å². The SMILES string of the molecule is CCOC(=O)c1ccc(N2C(=O)C[C@@H](Nc3ccc(N(C)C)cc3)C2=O)cc1. The second kappa shape index (κ2) is 8.12. The summed E-state index contributed by atoms with van der Waals surface area (Å²) in [7, 11) is 3.90. The van der Waals surface area contributed by atoms with Crippen LogP contribution in [0, 0.1) is 0 Å². The highest BCUT2D eigenvalue weighted by Crippen LogP contribution is 2.26. The lowest BCUT2D eigenvalue weighted by atomic mass is 10.2. The quantitative estimate of drug-likeness (QED) is 0.612. The minimum absolute atomic E-state index is 0.0773. The van der Waals surface area contributed by atoms with Gasteiger partial charge in [-0.05, 0) is 55.5 Å². The van der Waals surface area contributed by atoms with E-state index in [1.54, 1.807) is 31.2 Å². The second-order valence-electron chi connectivity index (χ2n) is 6.68. The summed E-state index contributed by atoms with van der Waals surface area (Å²) in [5, 5.41) is 3.13. The summed E-state index contributed by atoms with van der Waals surface area (Å²) in [6.45, 7) is 2.02. The highest BCUT2D eigenvalue weighted by Gasteiger charge is 2.39. The van der Waals surface area contributed by atoms with Crippen molar-refractivity contribution in [2.45, 2.75) is 19.4 Å². The molecule has 1 saturated heterocycles. The van der Waals surface area contributed by atoms with E-state index in [9.17, 15) is 14.4 Å². The zero-order valence-corrected chi connectivity index (χ0v) is 16.1. The fourth-order valence-electron chi connectivity index (χ4n) is 3.03. The average Bonchev–Trinajstić information content (AvgIpc) is 2.96. The Morgan fingerprint density at radius 3 is 2.32 bits per heavy atom. The third kappa shape index (κ3) is 3.98. The number of ether oxygens (including phenoxy) is 1. The van der Waals surface area contributed by atoms with Gasteiger partial charge in [0, 0.05) is 25.5 Å². The van der Waals surface area contributed by atoms with E-state index in [0.29, 0.717) is 11.3 Å². The van der Waals surface area contributed by atoms with Crippen molar-refractivity contribution in [3.05, 3.63) is 54.1 Å². The predicted octanol–water partition coefficient (Wildman–Crippen LogP) is 2.67. The smallest absolute Gasteiger partial charge is 0.338 e. The molecular formula is C21H23N3O4. The summed E-state index contributed by atoms with van der Waals surface area (Å²) < 4.78 is 4.94. The van der Waals surface area contributed by atoms with Gasteiger partial charge in [0.2, 0.25) is 5.91 Å². The Balaban J connectivity index is 1.71. The lowest BCUT2D eigenvalue weighted by molar-refractivity contribution is -0.121. The Hall–Kier alpha value is -3.35. The van der Waals surface area contributed by atoms with Gasteiger partial charge in [-0.15, -0.1) is 0 Å². The molecule has 0 saturated carbocycles. The first kappa shape index (κ1) is 19.4. The molecule has 1 aliphatic heterocycles. The second-order valence-corrected chi connectivity index (χ2v) is 6.68. The molecule has 0 aromatic heterocycles. The van der Waals surface area contributed by atoms with Gasteiger partial charge in [-0.25, -0.2) is 9.69 Å². The Labute approximate surface area is 163 Å². The molecule has 7 nitrogen and oxygen atoms in total. The zero-order chi connectivity index (χ0) is 20.3. The molecule has 1 fully saturated rings. The molecule has 28 heavy (non-hydrogen) atoms. The average molecular weight is 381 g/mol. The van der Waals surface area contributed by atoms with E-state index in [2.05, 4.69) is 5.32 Å². The molecule has 0 aliphatic carbocycles. The Bertz CT molecular complexity index is 876. The molecule has 1 heterocycles. The van der Waals surface area contributed by atoms with E-state index >= 15 is 0 Å². The third-order valence-corrected chi connectivity index (χ3v) is 4.51. The number of amides is 2.